The Hall–Kier alpha value is -16.6. The van der Waals surface area contributed by atoms with E-state index in [9.17, 15) is 99.9 Å². The zero-order chi connectivity index (χ0) is 97.8. The third kappa shape index (κ3) is 40.4. The highest BCUT2D eigenvalue weighted by Gasteiger charge is 2.30. The molecule has 0 aromatic heterocycles. The lowest BCUT2D eigenvalue weighted by Gasteiger charge is -2.23. The highest BCUT2D eigenvalue weighted by atomic mass is 19.2. The standard InChI is InChI=1S/C24H29N5O7.C21H12F5N3O4.C19H21N3O4.C15H13N3O4.C9H18N2O4/c1-24(2,3)36-23(35)25-12-13-29(15-21(32)33)20(31)14-26-22(34)18-6-4-5-7-19(18)28-27-16-8-10-17(30)11-9-16;22-15-16(23)18(25)20(19(26)17(15)24)33-14(31)9-27-21(32)12-3-1-2-4-13(12)29-28-10-5-7-11(30)8-6-10;1-19(2,3)26-17(24)12-20-18(25)15-6-4-5-7-16(15)22-21-13-8-10-14(23)11-9-13;19-11-7-5-10(6-8-11)17-18-13-4-2-1-3-12(13)15(22)16-9-14(20)21;1-9(2,3)15-8(14)11-5-4-10-6-7(12)13/h4-11,30H,12-15H2,1-3H3,(H,25,35)(H,26,34)(H,32,33);1-8,30H,9H2,(H,27,32);4-11,23H,12H2,1-3H3,(H,20,25);1-8,19H,9H2,(H,16,22)(H,20,21);10H,4-6H2,1-3H3,(H,11,14)(H,12,13). The van der Waals surface area contributed by atoms with Gasteiger partial charge in [-0.05, 0) is 208 Å². The number of rotatable bonds is 31. The number of amides is 7. The topological polar surface area (TPSA) is 570 Å². The number of nitrogens with one attached hydrogen (secondary N) is 7. The van der Waals surface area contributed by atoms with Crippen LogP contribution in [-0.4, -0.2) is 194 Å². The summed E-state index contributed by atoms with van der Waals surface area (Å²) < 4.78 is 86.1. The fourth-order valence-electron chi connectivity index (χ4n) is 9.67. The molecule has 0 aliphatic heterocycles. The summed E-state index contributed by atoms with van der Waals surface area (Å²) in [5.41, 5.74) is 1.71. The van der Waals surface area contributed by atoms with Crippen molar-refractivity contribution in [1.82, 2.24) is 42.1 Å². The maximum absolute atomic E-state index is 13.6. The van der Waals surface area contributed by atoms with E-state index >= 15 is 0 Å². The van der Waals surface area contributed by atoms with Crippen molar-refractivity contribution in [1.29, 1.82) is 0 Å². The average molecular weight is 1840 g/mol. The first-order valence-electron chi connectivity index (χ1n) is 39.1. The summed E-state index contributed by atoms with van der Waals surface area (Å²) in [4.78, 5) is 141. The number of esters is 2. The monoisotopic (exact) mass is 1840 g/mol. The second-order valence-corrected chi connectivity index (χ2v) is 29.7. The Morgan fingerprint density at radius 2 is 0.606 bits per heavy atom. The van der Waals surface area contributed by atoms with Crippen LogP contribution in [-0.2, 0) is 43.0 Å². The summed E-state index contributed by atoms with van der Waals surface area (Å²) in [6.07, 6.45) is -1.20. The molecule has 7 amide bonds. The van der Waals surface area contributed by atoms with E-state index in [-0.39, 0.29) is 77.2 Å². The SMILES string of the molecule is CC(C)(C)OC(=O)CNC(=O)c1ccccc1N=Nc1ccc(O)cc1.CC(C)(C)OC(=O)NCCN(CC(=O)O)C(=O)CNC(=O)c1ccccc1N=Nc1ccc(O)cc1.CC(C)(C)OC(=O)NCCNCC(=O)O.O=C(CNC(=O)c1ccccc1N=Nc1ccc(O)cc1)Oc1c(F)c(F)c(F)c(F)c1F.O=C(O)CNC(=O)c1ccccc1N=Nc1ccc(O)cc1. The van der Waals surface area contributed by atoms with Crippen LogP contribution < -0.4 is 42.0 Å². The number of halogens is 5. The Balaban J connectivity index is 0.000000300. The van der Waals surface area contributed by atoms with Crippen LogP contribution in [0.4, 0.5) is 77.0 Å². The number of nitrogens with zero attached hydrogens (tertiary/aromatic N) is 9. The minimum Gasteiger partial charge on any atom is -0.508 e. The molecule has 0 aliphatic carbocycles. The van der Waals surface area contributed by atoms with Crippen molar-refractivity contribution in [2.45, 2.75) is 79.1 Å². The molecule has 44 heteroatoms. The summed E-state index contributed by atoms with van der Waals surface area (Å²) in [5, 5.41) is 112. The number of alkyl carbamates (subject to hydrolysis) is 2. The molecule has 9 aromatic carbocycles. The molecule has 0 unspecified atom stereocenters. The van der Waals surface area contributed by atoms with Crippen molar-refractivity contribution in [3.05, 3.63) is 245 Å². The number of hydrogen-bond acceptors (Lipinski definition) is 29. The zero-order valence-electron chi connectivity index (χ0n) is 72.1. The molecule has 0 saturated heterocycles. The van der Waals surface area contributed by atoms with Gasteiger partial charge in [0.1, 0.15) is 66.0 Å². The van der Waals surface area contributed by atoms with Crippen molar-refractivity contribution in [2.24, 2.45) is 40.9 Å². The number of carboxylic acid groups (broad SMARTS) is 3. The van der Waals surface area contributed by atoms with Crippen LogP contribution in [0.3, 0.4) is 0 Å². The van der Waals surface area contributed by atoms with Gasteiger partial charge in [0.15, 0.2) is 0 Å². The number of ether oxygens (including phenoxy) is 4. The maximum atomic E-state index is 13.6. The Bertz CT molecular complexity index is 5590. The van der Waals surface area contributed by atoms with Gasteiger partial charge in [0.2, 0.25) is 40.7 Å². The Labute approximate surface area is 749 Å². The van der Waals surface area contributed by atoms with Crippen molar-refractivity contribution in [2.75, 3.05) is 65.4 Å². The second-order valence-electron chi connectivity index (χ2n) is 29.7. The van der Waals surface area contributed by atoms with E-state index in [2.05, 4.69) is 82.9 Å². The number of benzene rings is 9. The fraction of sp³-hybridized carbons (Fsp3) is 0.250. The van der Waals surface area contributed by atoms with E-state index < -0.39 is 149 Å². The average Bonchev–Trinajstić information content (AvgIpc) is 0.793. The Morgan fingerprint density at radius 3 is 0.917 bits per heavy atom. The molecule has 698 valence electrons. The third-order valence-corrected chi connectivity index (χ3v) is 15.5. The number of azo groups is 4. The van der Waals surface area contributed by atoms with Crippen molar-refractivity contribution in [3.63, 3.8) is 0 Å². The highest BCUT2D eigenvalue weighted by molar-refractivity contribution is 6.03. The predicted molar refractivity (Wildman–Crippen MR) is 463 cm³/mol. The van der Waals surface area contributed by atoms with E-state index in [1.807, 2.05) is 0 Å². The van der Waals surface area contributed by atoms with Gasteiger partial charge in [-0.25, -0.2) is 27.6 Å². The molecule has 0 spiro atoms. The van der Waals surface area contributed by atoms with Crippen molar-refractivity contribution >= 4 is 117 Å². The minimum atomic E-state index is -2.41. The van der Waals surface area contributed by atoms with Gasteiger partial charge in [0.25, 0.3) is 23.6 Å². The molecule has 14 N–H and O–H groups in total. The van der Waals surface area contributed by atoms with E-state index in [4.69, 9.17) is 29.5 Å². The van der Waals surface area contributed by atoms with Gasteiger partial charge in [-0.1, -0.05) is 48.5 Å². The van der Waals surface area contributed by atoms with Gasteiger partial charge in [0, 0.05) is 26.2 Å². The van der Waals surface area contributed by atoms with Crippen LogP contribution in [0.5, 0.6) is 28.7 Å². The molecule has 0 fully saturated rings. The summed E-state index contributed by atoms with van der Waals surface area (Å²) >= 11 is 0. The molecule has 0 radical (unpaired) electrons. The number of phenolic OH excluding ortho intramolecular Hbond substituents is 4. The highest BCUT2D eigenvalue weighted by Crippen LogP contribution is 2.32. The summed E-state index contributed by atoms with van der Waals surface area (Å²) in [7, 11) is 0. The lowest BCUT2D eigenvalue weighted by atomic mass is 10.1. The molecule has 0 saturated carbocycles. The number of carbonyl (C=O) groups is 12. The van der Waals surface area contributed by atoms with E-state index in [1.54, 1.807) is 165 Å². The minimum absolute atomic E-state index is 0.0199. The molecule has 9 aromatic rings. The Kier molecular flexibility index (Phi) is 42.2. The number of carboxylic acids is 3. The first-order chi connectivity index (χ1) is 62.2. The molecule has 0 aliphatic rings. The van der Waals surface area contributed by atoms with Gasteiger partial charge < -0.3 is 96.8 Å². The quantitative estimate of drug-likeness (QED) is 0.00280. The molecule has 39 nitrogen and oxygen atoms in total. The number of carbonyl (C=O) groups excluding carboxylic acids is 9. The lowest BCUT2D eigenvalue weighted by Crippen LogP contribution is -2.46. The van der Waals surface area contributed by atoms with Gasteiger partial charge in [-0.15, -0.1) is 20.5 Å². The molecule has 132 heavy (non-hydrogen) atoms. The molecule has 9 rings (SSSR count). The second kappa shape index (κ2) is 52.5. The summed E-state index contributed by atoms with van der Waals surface area (Å²) in [5.74, 6) is -21.5. The van der Waals surface area contributed by atoms with Crippen LogP contribution in [0, 0.1) is 29.1 Å². The number of hydrogen-bond donors (Lipinski definition) is 14. The van der Waals surface area contributed by atoms with Crippen LogP contribution in [0.2, 0.25) is 0 Å². The van der Waals surface area contributed by atoms with Gasteiger partial charge in [0.05, 0.1) is 80.8 Å². The summed E-state index contributed by atoms with van der Waals surface area (Å²) in [6, 6.07) is 49.3. The lowest BCUT2D eigenvalue weighted by molar-refractivity contribution is -0.153. The molecule has 0 atom stereocenters. The van der Waals surface area contributed by atoms with Gasteiger partial charge in [-0.3, -0.25) is 43.2 Å². The van der Waals surface area contributed by atoms with Crippen LogP contribution in [0.1, 0.15) is 104 Å². The van der Waals surface area contributed by atoms with E-state index in [0.717, 1.165) is 4.90 Å². The first-order valence-corrected chi connectivity index (χ1v) is 39.1. The van der Waals surface area contributed by atoms with Crippen molar-refractivity contribution in [3.8, 4) is 28.7 Å². The number of aromatic hydroxyl groups is 4. The number of aliphatic carboxylic acids is 3. The third-order valence-electron chi connectivity index (χ3n) is 15.5. The van der Waals surface area contributed by atoms with E-state index in [0.29, 0.717) is 52.8 Å². The molecular formula is C88H93F5N16O23. The molecule has 0 bridgehead atoms. The van der Waals surface area contributed by atoms with Crippen LogP contribution in [0.25, 0.3) is 0 Å². The molecule has 0 heterocycles. The predicted octanol–water partition coefficient (Wildman–Crippen LogP) is 14.5. The first kappa shape index (κ1) is 106. The zero-order valence-corrected chi connectivity index (χ0v) is 72.1. The molecular weight excluding hydrogens is 1740 g/mol. The number of phenols is 4. The van der Waals surface area contributed by atoms with Crippen molar-refractivity contribution < 1.29 is 134 Å². The largest absolute Gasteiger partial charge is 0.508 e. The fourth-order valence-corrected chi connectivity index (χ4v) is 9.67. The Morgan fingerprint density at radius 1 is 0.318 bits per heavy atom. The van der Waals surface area contributed by atoms with Crippen LogP contribution in [0.15, 0.2) is 235 Å². The van der Waals surface area contributed by atoms with E-state index in [1.165, 1.54) is 91.0 Å². The smallest absolute Gasteiger partial charge is 0.407 e. The van der Waals surface area contributed by atoms with Gasteiger partial charge >= 0.3 is 42.0 Å². The van der Waals surface area contributed by atoms with Crippen LogP contribution >= 0.6 is 0 Å². The maximum Gasteiger partial charge on any atom is 0.407 e. The van der Waals surface area contributed by atoms with Gasteiger partial charge in [-0.2, -0.15) is 29.2 Å². The normalized spacial score (nSPS) is 11.0. The summed E-state index contributed by atoms with van der Waals surface area (Å²) in [6.45, 7) is 13.4.